The third-order valence-electron chi connectivity index (χ3n) is 3.43. The van der Waals surface area contributed by atoms with Crippen LogP contribution in [0.3, 0.4) is 0 Å². The number of fused-ring (bicyclic) bond motifs is 1. The zero-order valence-corrected chi connectivity index (χ0v) is 12.5. The summed E-state index contributed by atoms with van der Waals surface area (Å²) < 4.78 is 4.62. The minimum Gasteiger partial charge on any atom is -0.469 e. The molecule has 1 aliphatic rings. The number of nitrogens with one attached hydrogen (secondary N) is 1. The fourth-order valence-electron chi connectivity index (χ4n) is 2.41. The third kappa shape index (κ3) is 3.40. The van der Waals surface area contributed by atoms with E-state index in [2.05, 4.69) is 15.0 Å². The Bertz CT molecular complexity index is 570. The molecule has 0 aliphatic carbocycles. The monoisotopic (exact) mass is 311 g/mol. The maximum Gasteiger partial charge on any atom is 0.306 e. The van der Waals surface area contributed by atoms with Gasteiger partial charge in [0.15, 0.2) is 0 Å². The van der Waals surface area contributed by atoms with E-state index in [1.807, 2.05) is 0 Å². The van der Waals surface area contributed by atoms with Crippen molar-refractivity contribution in [1.29, 1.82) is 0 Å². The van der Waals surface area contributed by atoms with Crippen LogP contribution in [-0.4, -0.2) is 43.4 Å². The SMILES string of the molecule is COC(=O)CCN1CCc2c(sc(NC=O)c2C(N)=O)C1. The lowest BCUT2D eigenvalue weighted by molar-refractivity contribution is -0.141. The minimum atomic E-state index is -0.528. The number of amides is 2. The Kier molecular flexibility index (Phi) is 4.92. The van der Waals surface area contributed by atoms with Gasteiger partial charge in [-0.1, -0.05) is 0 Å². The largest absolute Gasteiger partial charge is 0.469 e. The summed E-state index contributed by atoms with van der Waals surface area (Å²) in [6.45, 7) is 1.98. The van der Waals surface area contributed by atoms with Gasteiger partial charge in [-0.15, -0.1) is 11.3 Å². The Hall–Kier alpha value is -1.93. The van der Waals surface area contributed by atoms with Crippen LogP contribution in [-0.2, 0) is 27.3 Å². The summed E-state index contributed by atoms with van der Waals surface area (Å²) in [5.41, 5.74) is 6.72. The van der Waals surface area contributed by atoms with Gasteiger partial charge in [-0.25, -0.2) is 0 Å². The third-order valence-corrected chi connectivity index (χ3v) is 4.58. The van der Waals surface area contributed by atoms with Crippen LogP contribution in [0.4, 0.5) is 5.00 Å². The molecule has 0 saturated carbocycles. The molecule has 7 nitrogen and oxygen atoms in total. The summed E-state index contributed by atoms with van der Waals surface area (Å²) in [4.78, 5) is 36.5. The Balaban J connectivity index is 2.14. The first-order valence-corrected chi connectivity index (χ1v) is 7.32. The molecule has 3 N–H and O–H groups in total. The number of nitrogens with zero attached hydrogens (tertiary/aromatic N) is 1. The Morgan fingerprint density at radius 3 is 2.90 bits per heavy atom. The number of primary amides is 1. The molecule has 1 aromatic heterocycles. The number of ether oxygens (including phenoxy) is 1. The molecule has 0 bridgehead atoms. The van der Waals surface area contributed by atoms with Gasteiger partial charge in [-0.3, -0.25) is 19.3 Å². The molecule has 2 amide bonds. The first-order valence-electron chi connectivity index (χ1n) is 6.50. The zero-order valence-electron chi connectivity index (χ0n) is 11.7. The van der Waals surface area contributed by atoms with Crippen LogP contribution in [0.15, 0.2) is 0 Å². The van der Waals surface area contributed by atoms with E-state index in [0.29, 0.717) is 42.9 Å². The number of esters is 1. The quantitative estimate of drug-likeness (QED) is 0.582. The molecule has 8 heteroatoms. The number of carbonyl (C=O) groups excluding carboxylic acids is 3. The number of hydrogen-bond donors (Lipinski definition) is 2. The molecule has 0 aromatic carbocycles. The maximum atomic E-state index is 11.6. The van der Waals surface area contributed by atoms with E-state index in [0.717, 1.165) is 17.0 Å². The highest BCUT2D eigenvalue weighted by molar-refractivity contribution is 7.16. The van der Waals surface area contributed by atoms with Crippen molar-refractivity contribution in [1.82, 2.24) is 4.90 Å². The molecule has 0 spiro atoms. The summed E-state index contributed by atoms with van der Waals surface area (Å²) in [6.07, 6.45) is 1.55. The zero-order chi connectivity index (χ0) is 15.4. The molecular formula is C13H17N3O4S. The Morgan fingerprint density at radius 2 is 2.29 bits per heavy atom. The van der Waals surface area contributed by atoms with Crippen molar-refractivity contribution in [3.05, 3.63) is 16.0 Å². The van der Waals surface area contributed by atoms with Gasteiger partial charge in [0.25, 0.3) is 5.91 Å². The molecule has 21 heavy (non-hydrogen) atoms. The van der Waals surface area contributed by atoms with Gasteiger partial charge >= 0.3 is 5.97 Å². The topological polar surface area (TPSA) is 102 Å². The molecule has 1 aromatic rings. The molecule has 0 unspecified atom stereocenters. The van der Waals surface area contributed by atoms with Crippen molar-refractivity contribution < 1.29 is 19.1 Å². The lowest BCUT2D eigenvalue weighted by Crippen LogP contribution is -2.32. The normalized spacial score (nSPS) is 14.3. The van der Waals surface area contributed by atoms with Crippen molar-refractivity contribution in [2.45, 2.75) is 19.4 Å². The molecular weight excluding hydrogens is 294 g/mol. The molecule has 114 valence electrons. The molecule has 0 saturated heterocycles. The van der Waals surface area contributed by atoms with Crippen molar-refractivity contribution in [2.75, 3.05) is 25.5 Å². The molecule has 0 radical (unpaired) electrons. The van der Waals surface area contributed by atoms with Gasteiger partial charge in [-0.2, -0.15) is 0 Å². The predicted molar refractivity (Wildman–Crippen MR) is 78.1 cm³/mol. The second kappa shape index (κ2) is 6.68. The first-order chi connectivity index (χ1) is 10.1. The Labute approximate surface area is 126 Å². The molecule has 0 atom stereocenters. The number of nitrogens with two attached hydrogens (primary N) is 1. The highest BCUT2D eigenvalue weighted by Crippen LogP contribution is 2.36. The van der Waals surface area contributed by atoms with Crippen molar-refractivity contribution >= 4 is 34.6 Å². The van der Waals surface area contributed by atoms with E-state index in [1.165, 1.54) is 18.4 Å². The summed E-state index contributed by atoms with van der Waals surface area (Å²) >= 11 is 1.36. The van der Waals surface area contributed by atoms with Gasteiger partial charge in [-0.05, 0) is 12.0 Å². The fourth-order valence-corrected chi connectivity index (χ4v) is 3.67. The lowest BCUT2D eigenvalue weighted by atomic mass is 10.0. The van der Waals surface area contributed by atoms with Crippen LogP contribution < -0.4 is 11.1 Å². The van der Waals surface area contributed by atoms with E-state index >= 15 is 0 Å². The standard InChI is InChI=1S/C13H17N3O4S/c1-20-10(18)3-5-16-4-2-8-9(6-16)21-13(15-7-17)11(8)12(14)19/h7H,2-6H2,1H3,(H2,14,19)(H,15,17). The minimum absolute atomic E-state index is 0.242. The summed E-state index contributed by atoms with van der Waals surface area (Å²) in [6, 6.07) is 0. The number of rotatable bonds is 6. The predicted octanol–water partition coefficient (Wildman–Crippen LogP) is 0.336. The van der Waals surface area contributed by atoms with Crippen molar-refractivity contribution in [3.8, 4) is 0 Å². The number of thiophene rings is 1. The maximum absolute atomic E-state index is 11.6. The second-order valence-corrected chi connectivity index (χ2v) is 5.79. The summed E-state index contributed by atoms with van der Waals surface area (Å²) in [5, 5.41) is 3.03. The van der Waals surface area contributed by atoms with Crippen LogP contribution in [0.5, 0.6) is 0 Å². The first kappa shape index (κ1) is 15.5. The van der Waals surface area contributed by atoms with E-state index in [9.17, 15) is 14.4 Å². The van der Waals surface area contributed by atoms with E-state index < -0.39 is 5.91 Å². The smallest absolute Gasteiger partial charge is 0.306 e. The van der Waals surface area contributed by atoms with Gasteiger partial charge in [0.2, 0.25) is 6.41 Å². The average molecular weight is 311 g/mol. The van der Waals surface area contributed by atoms with Crippen LogP contribution in [0.2, 0.25) is 0 Å². The van der Waals surface area contributed by atoms with Gasteiger partial charge < -0.3 is 15.8 Å². The van der Waals surface area contributed by atoms with Crippen LogP contribution in [0.1, 0.15) is 27.2 Å². The highest BCUT2D eigenvalue weighted by Gasteiger charge is 2.26. The van der Waals surface area contributed by atoms with E-state index in [1.54, 1.807) is 0 Å². The van der Waals surface area contributed by atoms with Crippen molar-refractivity contribution in [3.63, 3.8) is 0 Å². The average Bonchev–Trinajstić information content (AvgIpc) is 2.82. The number of carbonyl (C=O) groups is 3. The molecule has 2 heterocycles. The molecule has 1 aliphatic heterocycles. The van der Waals surface area contributed by atoms with Gasteiger partial charge in [0, 0.05) is 24.5 Å². The summed E-state index contributed by atoms with van der Waals surface area (Å²) in [5.74, 6) is -0.770. The van der Waals surface area contributed by atoms with Crippen LogP contribution in [0.25, 0.3) is 0 Å². The van der Waals surface area contributed by atoms with E-state index in [-0.39, 0.29) is 5.97 Å². The van der Waals surface area contributed by atoms with E-state index in [4.69, 9.17) is 5.73 Å². The second-order valence-electron chi connectivity index (χ2n) is 4.69. The van der Waals surface area contributed by atoms with Gasteiger partial charge in [0.1, 0.15) is 5.00 Å². The Morgan fingerprint density at radius 1 is 1.52 bits per heavy atom. The number of anilines is 1. The molecule has 0 fully saturated rings. The summed E-state index contributed by atoms with van der Waals surface area (Å²) in [7, 11) is 1.37. The highest BCUT2D eigenvalue weighted by atomic mass is 32.1. The fraction of sp³-hybridized carbons (Fsp3) is 0.462. The lowest BCUT2D eigenvalue weighted by Gasteiger charge is -2.26. The van der Waals surface area contributed by atoms with Crippen LogP contribution >= 0.6 is 11.3 Å². The number of methoxy groups -OCH3 is 1. The van der Waals surface area contributed by atoms with Gasteiger partial charge in [0.05, 0.1) is 19.1 Å². The van der Waals surface area contributed by atoms with Crippen molar-refractivity contribution in [2.24, 2.45) is 5.73 Å². The molecule has 2 rings (SSSR count). The van der Waals surface area contributed by atoms with Crippen LogP contribution in [0, 0.1) is 0 Å². The number of hydrogen-bond acceptors (Lipinski definition) is 6.